The second kappa shape index (κ2) is 17.1. The van der Waals surface area contributed by atoms with E-state index in [0.717, 1.165) is 36.0 Å². The maximum Gasteiger partial charge on any atom is 0.343 e. The fourth-order valence-electron chi connectivity index (χ4n) is 4.70. The van der Waals surface area contributed by atoms with Crippen LogP contribution in [0.5, 0.6) is 5.75 Å². The van der Waals surface area contributed by atoms with Crippen molar-refractivity contribution in [2.45, 2.75) is 104 Å². The van der Waals surface area contributed by atoms with Gasteiger partial charge in [0.25, 0.3) is 0 Å². The third kappa shape index (κ3) is 10.3. The van der Waals surface area contributed by atoms with Gasteiger partial charge < -0.3 is 4.74 Å². The molecule has 2 aromatic carbocycles. The molecule has 5 heteroatoms. The molecule has 0 unspecified atom stereocenters. The van der Waals surface area contributed by atoms with Crippen molar-refractivity contribution in [3.63, 3.8) is 0 Å². The van der Waals surface area contributed by atoms with Gasteiger partial charge in [0.2, 0.25) is 0 Å². The molecule has 0 atom stereocenters. The number of nitrogens with zero attached hydrogens (tertiary/aromatic N) is 3. The number of nitriles is 1. The third-order valence-corrected chi connectivity index (χ3v) is 7.11. The van der Waals surface area contributed by atoms with Crippen LogP contribution in [0.1, 0.15) is 118 Å². The lowest BCUT2D eigenvalue weighted by molar-refractivity contribution is 0.0734. The van der Waals surface area contributed by atoms with Crippen LogP contribution < -0.4 is 4.74 Å². The normalized spacial score (nSPS) is 10.8. The molecule has 0 aliphatic rings. The van der Waals surface area contributed by atoms with Gasteiger partial charge in [0.1, 0.15) is 5.75 Å². The molecule has 0 fully saturated rings. The van der Waals surface area contributed by atoms with Gasteiger partial charge in [0, 0.05) is 18.0 Å². The number of aromatic nitrogens is 2. The molecule has 0 spiro atoms. The van der Waals surface area contributed by atoms with E-state index in [1.54, 1.807) is 24.3 Å². The van der Waals surface area contributed by atoms with Gasteiger partial charge in [0.05, 0.1) is 17.2 Å². The quantitative estimate of drug-likeness (QED) is 0.0998. The number of esters is 1. The third-order valence-electron chi connectivity index (χ3n) is 7.11. The molecule has 1 heterocycles. The topological polar surface area (TPSA) is 75.9 Å². The highest BCUT2D eigenvalue weighted by molar-refractivity contribution is 5.91. The Hall–Kier alpha value is -3.52. The van der Waals surface area contributed by atoms with E-state index in [1.165, 1.54) is 70.6 Å². The zero-order valence-electron chi connectivity index (χ0n) is 23.8. The summed E-state index contributed by atoms with van der Waals surface area (Å²) in [5, 5.41) is 9.61. The van der Waals surface area contributed by atoms with Gasteiger partial charge in [-0.2, -0.15) is 5.26 Å². The summed E-state index contributed by atoms with van der Waals surface area (Å²) in [6, 6.07) is 14.7. The standard InChI is InChI=1S/C34H43N3O2/c1-3-5-7-9-11-13-15-27-25-36-33(37-26-27)29-19-21-32(22-20-29)39-34(38)30-18-17-28(31(23-30)24-35)16-14-12-10-8-6-4-2/h17-23,25-26H,3-16H2,1-2H3. The van der Waals surface area contributed by atoms with Gasteiger partial charge >= 0.3 is 5.97 Å². The molecule has 0 bridgehead atoms. The minimum atomic E-state index is -0.472. The summed E-state index contributed by atoms with van der Waals surface area (Å²) in [6.45, 7) is 4.45. The predicted molar refractivity (Wildman–Crippen MR) is 158 cm³/mol. The van der Waals surface area contributed by atoms with Crippen molar-refractivity contribution in [3.8, 4) is 23.2 Å². The van der Waals surface area contributed by atoms with Crippen LogP contribution in [0.2, 0.25) is 0 Å². The molecule has 0 saturated heterocycles. The number of carbonyl (C=O) groups is 1. The largest absolute Gasteiger partial charge is 0.423 e. The van der Waals surface area contributed by atoms with Crippen LogP contribution in [0.15, 0.2) is 54.9 Å². The van der Waals surface area contributed by atoms with E-state index in [4.69, 9.17) is 4.74 Å². The average molecular weight is 526 g/mol. The van der Waals surface area contributed by atoms with E-state index >= 15 is 0 Å². The first kappa shape index (κ1) is 30.0. The Balaban J connectivity index is 1.50. The van der Waals surface area contributed by atoms with Crippen molar-refractivity contribution in [2.75, 3.05) is 0 Å². The predicted octanol–water partition coefficient (Wildman–Crippen LogP) is 9.04. The van der Waals surface area contributed by atoms with E-state index < -0.39 is 5.97 Å². The van der Waals surface area contributed by atoms with E-state index in [9.17, 15) is 10.1 Å². The van der Waals surface area contributed by atoms with E-state index in [1.807, 2.05) is 30.6 Å². The molecular weight excluding hydrogens is 482 g/mol. The van der Waals surface area contributed by atoms with Gasteiger partial charge in [-0.05, 0) is 73.2 Å². The van der Waals surface area contributed by atoms with Gasteiger partial charge in [-0.1, -0.05) is 84.1 Å². The summed E-state index contributed by atoms with van der Waals surface area (Å²) in [7, 11) is 0. The maximum atomic E-state index is 12.8. The van der Waals surface area contributed by atoms with Crippen molar-refractivity contribution in [2.24, 2.45) is 0 Å². The minimum absolute atomic E-state index is 0.381. The summed E-state index contributed by atoms with van der Waals surface area (Å²) < 4.78 is 5.58. The minimum Gasteiger partial charge on any atom is -0.423 e. The molecule has 3 aromatic rings. The zero-order chi connectivity index (χ0) is 27.7. The Labute approximate surface area is 234 Å². The smallest absolute Gasteiger partial charge is 0.343 e. The van der Waals surface area contributed by atoms with Crippen LogP contribution in [0.4, 0.5) is 0 Å². The molecule has 3 rings (SSSR count). The Kier molecular flexibility index (Phi) is 13.2. The van der Waals surface area contributed by atoms with Gasteiger partial charge in [0.15, 0.2) is 5.82 Å². The second-order valence-corrected chi connectivity index (χ2v) is 10.3. The van der Waals surface area contributed by atoms with Crippen molar-refractivity contribution in [1.82, 2.24) is 9.97 Å². The van der Waals surface area contributed by atoms with Crippen LogP contribution in [0, 0.1) is 11.3 Å². The van der Waals surface area contributed by atoms with Crippen LogP contribution >= 0.6 is 0 Å². The molecule has 0 amide bonds. The van der Waals surface area contributed by atoms with E-state index in [0.29, 0.717) is 22.7 Å². The molecule has 0 radical (unpaired) electrons. The first-order chi connectivity index (χ1) is 19.1. The summed E-state index contributed by atoms with van der Waals surface area (Å²) in [4.78, 5) is 21.8. The van der Waals surface area contributed by atoms with E-state index in [2.05, 4.69) is 29.9 Å². The molecular formula is C34H43N3O2. The Bertz CT molecular complexity index is 1180. The van der Waals surface area contributed by atoms with Crippen LogP contribution in [-0.2, 0) is 12.8 Å². The SMILES string of the molecule is CCCCCCCCc1cnc(-c2ccc(OC(=O)c3ccc(CCCCCCCC)c(C#N)c3)cc2)nc1. The first-order valence-electron chi connectivity index (χ1n) is 14.8. The van der Waals surface area contributed by atoms with Crippen molar-refractivity contribution in [1.29, 1.82) is 5.26 Å². The maximum absolute atomic E-state index is 12.8. The summed E-state index contributed by atoms with van der Waals surface area (Å²) >= 11 is 0. The Morgan fingerprint density at radius 1 is 0.769 bits per heavy atom. The Morgan fingerprint density at radius 2 is 1.36 bits per heavy atom. The molecule has 0 N–H and O–H groups in total. The lowest BCUT2D eigenvalue weighted by Crippen LogP contribution is -2.09. The van der Waals surface area contributed by atoms with Crippen LogP contribution in [0.3, 0.4) is 0 Å². The highest BCUT2D eigenvalue weighted by Crippen LogP contribution is 2.22. The number of ether oxygens (including phenoxy) is 1. The number of aryl methyl sites for hydroxylation is 2. The highest BCUT2D eigenvalue weighted by Gasteiger charge is 2.13. The molecule has 0 aliphatic heterocycles. The lowest BCUT2D eigenvalue weighted by Gasteiger charge is -2.09. The number of carbonyl (C=O) groups excluding carboxylic acids is 1. The van der Waals surface area contributed by atoms with E-state index in [-0.39, 0.29) is 0 Å². The molecule has 5 nitrogen and oxygen atoms in total. The second-order valence-electron chi connectivity index (χ2n) is 10.3. The number of rotatable bonds is 17. The number of hydrogen-bond donors (Lipinski definition) is 0. The molecule has 1 aromatic heterocycles. The van der Waals surface area contributed by atoms with Crippen molar-refractivity contribution < 1.29 is 9.53 Å². The summed E-state index contributed by atoms with van der Waals surface area (Å²) in [5.74, 6) is 0.623. The molecule has 0 saturated carbocycles. The van der Waals surface area contributed by atoms with Gasteiger partial charge in [-0.3, -0.25) is 0 Å². The number of hydrogen-bond acceptors (Lipinski definition) is 5. The van der Waals surface area contributed by atoms with Crippen LogP contribution in [0.25, 0.3) is 11.4 Å². The molecule has 206 valence electrons. The average Bonchev–Trinajstić information content (AvgIpc) is 2.97. The van der Waals surface area contributed by atoms with Crippen molar-refractivity contribution >= 4 is 5.97 Å². The summed E-state index contributed by atoms with van der Waals surface area (Å²) in [6.07, 6.45) is 20.6. The lowest BCUT2D eigenvalue weighted by atomic mass is 9.99. The highest BCUT2D eigenvalue weighted by atomic mass is 16.5. The monoisotopic (exact) mass is 525 g/mol. The van der Waals surface area contributed by atoms with Gasteiger partial charge in [-0.15, -0.1) is 0 Å². The van der Waals surface area contributed by atoms with Crippen molar-refractivity contribution in [3.05, 3.63) is 77.1 Å². The number of benzene rings is 2. The molecule has 0 aliphatic carbocycles. The fraction of sp³-hybridized carbons (Fsp3) is 0.471. The first-order valence-corrected chi connectivity index (χ1v) is 14.8. The summed E-state index contributed by atoms with van der Waals surface area (Å²) in [5.41, 5.74) is 3.95. The Morgan fingerprint density at radius 3 is 1.97 bits per heavy atom. The zero-order valence-corrected chi connectivity index (χ0v) is 23.8. The fourth-order valence-corrected chi connectivity index (χ4v) is 4.70. The molecule has 39 heavy (non-hydrogen) atoms. The van der Waals surface area contributed by atoms with Gasteiger partial charge in [-0.25, -0.2) is 14.8 Å². The van der Waals surface area contributed by atoms with Crippen LogP contribution in [-0.4, -0.2) is 15.9 Å². The number of unbranched alkanes of at least 4 members (excludes halogenated alkanes) is 10.